The Labute approximate surface area is 215 Å². The summed E-state index contributed by atoms with van der Waals surface area (Å²) in [6.07, 6.45) is 1.31. The lowest BCUT2D eigenvalue weighted by atomic mass is 10.2. The second-order valence-corrected chi connectivity index (χ2v) is 12.6. The molecule has 1 unspecified atom stereocenters. The number of hydrogen-bond donors (Lipinski definition) is 3. The molecule has 37 heavy (non-hydrogen) atoms. The molecule has 1 aromatic heterocycles. The van der Waals surface area contributed by atoms with E-state index in [-0.39, 0.29) is 33.4 Å². The summed E-state index contributed by atoms with van der Waals surface area (Å²) < 4.78 is 48.1. The standard InChI is InChI=1S/C25H29N2O8PS/c1-5-17(4)37(32,33)23-9-6-19(7-10-23)35-21-13-18(12-20(14-21)34-16(2)3)25(28)27-24-11-8-22(15-26-24)36(29,30)31/h6-17H,5H2,1-4H3,(H,26,27,28)(H2,29,30,31). The number of rotatable bonds is 10. The maximum absolute atomic E-state index is 12.9. The largest absolute Gasteiger partial charge is 0.491 e. The lowest BCUT2D eigenvalue weighted by Crippen LogP contribution is -2.16. The van der Waals surface area contributed by atoms with Gasteiger partial charge in [0.25, 0.3) is 5.91 Å². The Kier molecular flexibility index (Phi) is 8.76. The van der Waals surface area contributed by atoms with E-state index in [0.717, 1.165) is 6.20 Å². The summed E-state index contributed by atoms with van der Waals surface area (Å²) >= 11 is 0. The molecule has 0 aliphatic carbocycles. The first kappa shape index (κ1) is 28.3. The normalized spacial score (nSPS) is 12.7. The van der Waals surface area contributed by atoms with Crippen molar-refractivity contribution in [3.8, 4) is 17.2 Å². The van der Waals surface area contributed by atoms with Gasteiger partial charge in [0.15, 0.2) is 9.84 Å². The lowest BCUT2D eigenvalue weighted by molar-refractivity contribution is 0.102. The monoisotopic (exact) mass is 548 g/mol. The Morgan fingerprint density at radius 2 is 1.65 bits per heavy atom. The maximum Gasteiger partial charge on any atom is 0.357 e. The number of amides is 1. The number of anilines is 1. The third-order valence-electron chi connectivity index (χ3n) is 5.33. The van der Waals surface area contributed by atoms with Crippen LogP contribution in [0.1, 0.15) is 44.5 Å². The average molecular weight is 549 g/mol. The van der Waals surface area contributed by atoms with Crippen LogP contribution < -0.4 is 20.1 Å². The van der Waals surface area contributed by atoms with Crippen LogP contribution in [0, 0.1) is 0 Å². The van der Waals surface area contributed by atoms with Crippen LogP contribution in [0.15, 0.2) is 65.7 Å². The molecule has 3 rings (SSSR count). The van der Waals surface area contributed by atoms with Crippen molar-refractivity contribution in [3.05, 3.63) is 66.4 Å². The molecule has 0 aliphatic heterocycles. The molecule has 0 spiro atoms. The van der Waals surface area contributed by atoms with Crippen LogP contribution in [0.4, 0.5) is 5.82 Å². The molecule has 1 amide bonds. The van der Waals surface area contributed by atoms with Crippen molar-refractivity contribution >= 4 is 34.5 Å². The summed E-state index contributed by atoms with van der Waals surface area (Å²) in [5.74, 6) is 0.568. The van der Waals surface area contributed by atoms with Gasteiger partial charge in [-0.15, -0.1) is 0 Å². The smallest absolute Gasteiger partial charge is 0.357 e. The predicted octanol–water partition coefficient (Wildman–Crippen LogP) is 4.29. The number of ether oxygens (including phenoxy) is 2. The summed E-state index contributed by atoms with van der Waals surface area (Å²) in [4.78, 5) is 35.4. The van der Waals surface area contributed by atoms with E-state index >= 15 is 0 Å². The minimum absolute atomic E-state index is 0.0953. The fourth-order valence-corrected chi connectivity index (χ4v) is 5.10. The Balaban J connectivity index is 1.85. The summed E-state index contributed by atoms with van der Waals surface area (Å²) in [5, 5.41) is 1.79. The first-order chi connectivity index (χ1) is 17.3. The number of pyridine rings is 1. The predicted molar refractivity (Wildman–Crippen MR) is 140 cm³/mol. The van der Waals surface area contributed by atoms with Crippen LogP contribution in [0.3, 0.4) is 0 Å². The van der Waals surface area contributed by atoms with Gasteiger partial charge < -0.3 is 24.6 Å². The van der Waals surface area contributed by atoms with E-state index < -0.39 is 28.6 Å². The number of sulfone groups is 1. The van der Waals surface area contributed by atoms with Gasteiger partial charge in [-0.1, -0.05) is 6.92 Å². The van der Waals surface area contributed by atoms with E-state index in [4.69, 9.17) is 9.47 Å². The quantitative estimate of drug-likeness (QED) is 0.315. The van der Waals surface area contributed by atoms with Gasteiger partial charge in [0.1, 0.15) is 23.1 Å². The number of benzene rings is 2. The van der Waals surface area contributed by atoms with Crippen molar-refractivity contribution in [1.29, 1.82) is 0 Å². The second kappa shape index (κ2) is 11.4. The van der Waals surface area contributed by atoms with Crippen molar-refractivity contribution in [2.45, 2.75) is 50.4 Å². The number of aromatic nitrogens is 1. The van der Waals surface area contributed by atoms with Gasteiger partial charge in [-0.05, 0) is 75.7 Å². The minimum atomic E-state index is -4.45. The summed E-state index contributed by atoms with van der Waals surface area (Å²) in [6, 6.07) is 13.1. The lowest BCUT2D eigenvalue weighted by Gasteiger charge is -2.15. The van der Waals surface area contributed by atoms with Crippen molar-refractivity contribution in [1.82, 2.24) is 4.98 Å². The van der Waals surface area contributed by atoms with E-state index in [9.17, 15) is 27.6 Å². The maximum atomic E-state index is 12.9. The molecule has 3 aromatic rings. The Morgan fingerprint density at radius 3 is 2.19 bits per heavy atom. The molecule has 0 saturated carbocycles. The second-order valence-electron chi connectivity index (χ2n) is 8.60. The van der Waals surface area contributed by atoms with Gasteiger partial charge in [-0.3, -0.25) is 9.36 Å². The third-order valence-corrected chi connectivity index (χ3v) is 8.59. The van der Waals surface area contributed by atoms with Crippen molar-refractivity contribution in [2.24, 2.45) is 0 Å². The first-order valence-corrected chi connectivity index (χ1v) is 14.6. The van der Waals surface area contributed by atoms with E-state index in [0.29, 0.717) is 17.9 Å². The molecule has 0 radical (unpaired) electrons. The molecule has 1 heterocycles. The van der Waals surface area contributed by atoms with Gasteiger partial charge in [-0.25, -0.2) is 13.4 Å². The van der Waals surface area contributed by atoms with Crippen molar-refractivity contribution < 1.29 is 37.0 Å². The Morgan fingerprint density at radius 1 is 1.00 bits per heavy atom. The zero-order valence-corrected chi connectivity index (χ0v) is 22.5. The van der Waals surface area contributed by atoms with Gasteiger partial charge in [0.05, 0.1) is 21.6 Å². The zero-order valence-electron chi connectivity index (χ0n) is 20.8. The van der Waals surface area contributed by atoms with Crippen molar-refractivity contribution in [2.75, 3.05) is 5.32 Å². The molecule has 198 valence electrons. The van der Waals surface area contributed by atoms with Crippen LogP contribution in [-0.2, 0) is 14.4 Å². The van der Waals surface area contributed by atoms with Gasteiger partial charge in [-0.2, -0.15) is 0 Å². The van der Waals surface area contributed by atoms with E-state index in [1.165, 1.54) is 48.5 Å². The highest BCUT2D eigenvalue weighted by Gasteiger charge is 2.22. The number of carbonyl (C=O) groups is 1. The molecule has 0 aliphatic rings. The number of carbonyl (C=O) groups excluding carboxylic acids is 1. The molecule has 2 aromatic carbocycles. The SMILES string of the molecule is CCC(C)S(=O)(=O)c1ccc(Oc2cc(OC(C)C)cc(C(=O)Nc3ccc(P(=O)(O)O)cn3)c2)cc1. The van der Waals surface area contributed by atoms with Gasteiger partial charge in [0.2, 0.25) is 0 Å². The van der Waals surface area contributed by atoms with Crippen LogP contribution in [0.25, 0.3) is 0 Å². The third kappa shape index (κ3) is 7.39. The highest BCUT2D eigenvalue weighted by atomic mass is 32.2. The average Bonchev–Trinajstić information content (AvgIpc) is 2.83. The van der Waals surface area contributed by atoms with Gasteiger partial charge >= 0.3 is 7.60 Å². The summed E-state index contributed by atoms with van der Waals surface area (Å²) in [7, 11) is -7.89. The molecule has 12 heteroatoms. The Hall–Kier alpha value is -3.24. The number of hydrogen-bond acceptors (Lipinski definition) is 7. The molecule has 1 atom stereocenters. The topological polar surface area (TPSA) is 152 Å². The highest BCUT2D eigenvalue weighted by Crippen LogP contribution is 2.33. The fraction of sp³-hybridized carbons (Fsp3) is 0.280. The van der Waals surface area contributed by atoms with Crippen LogP contribution >= 0.6 is 7.60 Å². The van der Waals surface area contributed by atoms with Gasteiger partial charge in [0, 0.05) is 17.8 Å². The molecule has 0 saturated heterocycles. The number of nitrogens with one attached hydrogen (secondary N) is 1. The number of nitrogens with zero attached hydrogens (tertiary/aromatic N) is 1. The first-order valence-electron chi connectivity index (χ1n) is 11.5. The highest BCUT2D eigenvalue weighted by molar-refractivity contribution is 7.92. The minimum Gasteiger partial charge on any atom is -0.491 e. The molecular formula is C25H29N2O8PS. The summed E-state index contributed by atoms with van der Waals surface area (Å²) in [5.41, 5.74) is 0.185. The van der Waals surface area contributed by atoms with Crippen LogP contribution in [0.2, 0.25) is 0 Å². The molecule has 0 fully saturated rings. The zero-order chi connectivity index (χ0) is 27.4. The van der Waals surface area contributed by atoms with E-state index in [1.54, 1.807) is 13.0 Å². The molecule has 0 bridgehead atoms. The van der Waals surface area contributed by atoms with Crippen LogP contribution in [-0.4, -0.2) is 40.4 Å². The molecule has 3 N–H and O–H groups in total. The van der Waals surface area contributed by atoms with E-state index in [1.807, 2.05) is 20.8 Å². The molecule has 10 nitrogen and oxygen atoms in total. The Bertz CT molecular complexity index is 1400. The molecular weight excluding hydrogens is 519 g/mol. The van der Waals surface area contributed by atoms with E-state index in [2.05, 4.69) is 10.3 Å². The fourth-order valence-electron chi connectivity index (χ4n) is 3.21. The van der Waals surface area contributed by atoms with Crippen molar-refractivity contribution in [3.63, 3.8) is 0 Å². The summed E-state index contributed by atoms with van der Waals surface area (Å²) in [6.45, 7) is 7.13. The van der Waals surface area contributed by atoms with Crippen LogP contribution in [0.5, 0.6) is 17.2 Å².